The summed E-state index contributed by atoms with van der Waals surface area (Å²) in [4.78, 5) is 59.7. The standard InChI is InChI=1S/C24H29N5O3.C12H18N2OS.C7H14O.H2/c1-23(2)8-18(23)22(32)28-14-24(15-28)13-27(12-19(24)20(25)30)21(31)17-9-26-29(11-17)10-16-6-4-3-5-7-16;1-2-3-11(15)14-7-4-10(5-8-14)12-13-6-9-16-12;8-6-7-4-2-1-3-5-7;/h3-7,9,11,18-19H,8,10,12-15H2,1-2H3,(H2,25,30);6,9-10H,2-5,7-8H2,1H3;7-8H,1-6H2;1H/t18-,19+;;;/m1.../s1. The van der Waals surface area contributed by atoms with Gasteiger partial charge in [-0.1, -0.05) is 70.4 Å². The van der Waals surface area contributed by atoms with Crippen molar-refractivity contribution in [3.63, 3.8) is 0 Å². The molecular weight excluding hydrogens is 727 g/mol. The number of aliphatic hydroxyl groups excluding tert-OH is 1. The highest BCUT2D eigenvalue weighted by atomic mass is 32.1. The van der Waals surface area contributed by atoms with Gasteiger partial charge in [-0.2, -0.15) is 5.10 Å². The van der Waals surface area contributed by atoms with Crippen LogP contribution in [0.25, 0.3) is 0 Å². The Morgan fingerprint density at radius 3 is 2.20 bits per heavy atom. The van der Waals surface area contributed by atoms with Crippen molar-refractivity contribution < 1.29 is 25.7 Å². The van der Waals surface area contributed by atoms with Gasteiger partial charge in [0, 0.05) is 88.7 Å². The van der Waals surface area contributed by atoms with Crippen molar-refractivity contribution in [3.8, 4) is 0 Å². The third-order valence-electron chi connectivity index (χ3n) is 12.6. The zero-order valence-electron chi connectivity index (χ0n) is 33.5. The molecule has 5 aliphatic rings. The number of benzene rings is 1. The summed E-state index contributed by atoms with van der Waals surface area (Å²) in [6, 6.07) is 9.92. The van der Waals surface area contributed by atoms with Crippen molar-refractivity contribution >= 4 is 35.0 Å². The summed E-state index contributed by atoms with van der Waals surface area (Å²) in [5, 5.41) is 16.3. The van der Waals surface area contributed by atoms with Crippen LogP contribution < -0.4 is 5.73 Å². The maximum Gasteiger partial charge on any atom is 0.257 e. The summed E-state index contributed by atoms with van der Waals surface area (Å²) in [7, 11) is 0. The van der Waals surface area contributed by atoms with Crippen LogP contribution in [0.3, 0.4) is 0 Å². The van der Waals surface area contributed by atoms with E-state index in [4.69, 9.17) is 10.8 Å². The Kier molecular flexibility index (Phi) is 13.7. The Morgan fingerprint density at radius 2 is 1.62 bits per heavy atom. The third-order valence-corrected chi connectivity index (χ3v) is 13.5. The van der Waals surface area contributed by atoms with Crippen molar-refractivity contribution in [1.29, 1.82) is 0 Å². The van der Waals surface area contributed by atoms with Crippen LogP contribution in [0.4, 0.5) is 0 Å². The average molecular weight is 790 g/mol. The highest BCUT2D eigenvalue weighted by molar-refractivity contribution is 7.09. The minimum absolute atomic E-state index is 0. The fourth-order valence-corrected chi connectivity index (χ4v) is 9.69. The molecule has 12 nitrogen and oxygen atoms in total. The summed E-state index contributed by atoms with van der Waals surface area (Å²) in [6.45, 7) is 10.8. The summed E-state index contributed by atoms with van der Waals surface area (Å²) in [6.07, 6.45) is 16.5. The Hall–Kier alpha value is -4.10. The number of amides is 4. The van der Waals surface area contributed by atoms with Gasteiger partial charge in [-0.25, -0.2) is 4.98 Å². The molecule has 0 bridgehead atoms. The van der Waals surface area contributed by atoms with Crippen molar-refractivity contribution in [2.45, 2.75) is 97.4 Å². The molecule has 3 N–H and O–H groups in total. The van der Waals surface area contributed by atoms with Crippen molar-refractivity contribution in [3.05, 3.63) is 70.4 Å². The molecule has 3 aromatic rings. The lowest BCUT2D eigenvalue weighted by Gasteiger charge is -2.50. The van der Waals surface area contributed by atoms with Gasteiger partial charge in [0.25, 0.3) is 5.91 Å². The van der Waals surface area contributed by atoms with Gasteiger partial charge in [0.2, 0.25) is 17.7 Å². The largest absolute Gasteiger partial charge is 0.396 e. The van der Waals surface area contributed by atoms with Crippen molar-refractivity contribution in [1.82, 2.24) is 29.5 Å². The van der Waals surface area contributed by atoms with Gasteiger partial charge in [-0.15, -0.1) is 11.3 Å². The first kappa shape index (κ1) is 41.5. The predicted molar refractivity (Wildman–Crippen MR) is 219 cm³/mol. The number of hydrogen-bond donors (Lipinski definition) is 2. The third kappa shape index (κ3) is 10.1. The molecule has 2 saturated carbocycles. The number of hydrogen-bond acceptors (Lipinski definition) is 8. The Bertz CT molecular complexity index is 1770. The first-order chi connectivity index (χ1) is 26.9. The van der Waals surface area contributed by atoms with E-state index in [0.717, 1.165) is 44.3 Å². The molecule has 2 aliphatic carbocycles. The number of likely N-dealkylation sites (tertiary alicyclic amines) is 3. The SMILES string of the molecule is CC1(C)C[C@@H]1C(=O)N1CC2(CN(C(=O)c3cnn(Cc4ccccc4)c3)C[C@H]2C(N)=O)C1.CCCC(=O)N1CCC(c2nccs2)CC1.OCC1CCCCC1.[HH]. The normalized spacial score (nSPS) is 22.7. The molecule has 0 unspecified atom stereocenters. The molecule has 56 heavy (non-hydrogen) atoms. The lowest BCUT2D eigenvalue weighted by atomic mass is 9.71. The summed E-state index contributed by atoms with van der Waals surface area (Å²) in [5.41, 5.74) is 6.94. The van der Waals surface area contributed by atoms with E-state index in [1.165, 1.54) is 37.1 Å². The van der Waals surface area contributed by atoms with Crippen LogP contribution >= 0.6 is 11.3 Å². The zero-order chi connectivity index (χ0) is 39.9. The molecule has 0 radical (unpaired) electrons. The fourth-order valence-electron chi connectivity index (χ4n) is 8.88. The van der Waals surface area contributed by atoms with Crippen molar-refractivity contribution in [2.75, 3.05) is 45.9 Å². The zero-order valence-corrected chi connectivity index (χ0v) is 34.3. The number of primary amides is 1. The van der Waals surface area contributed by atoms with Crippen LogP contribution in [0.2, 0.25) is 0 Å². The number of rotatable bonds is 9. The molecule has 8 rings (SSSR count). The van der Waals surface area contributed by atoms with Gasteiger partial charge in [0.05, 0.1) is 29.2 Å². The van der Waals surface area contributed by atoms with E-state index >= 15 is 0 Å². The molecule has 13 heteroatoms. The number of thiazole rings is 1. The maximum absolute atomic E-state index is 13.2. The lowest BCUT2D eigenvalue weighted by Crippen LogP contribution is -2.64. The van der Waals surface area contributed by atoms with E-state index in [-0.39, 0.29) is 31.1 Å². The lowest BCUT2D eigenvalue weighted by molar-refractivity contribution is -0.150. The number of nitrogens with zero attached hydrogens (tertiary/aromatic N) is 6. The summed E-state index contributed by atoms with van der Waals surface area (Å²) >= 11 is 1.73. The molecule has 1 aromatic carbocycles. The second-order valence-electron chi connectivity index (χ2n) is 17.3. The van der Waals surface area contributed by atoms with E-state index in [1.54, 1.807) is 33.3 Å². The molecule has 3 saturated heterocycles. The van der Waals surface area contributed by atoms with Crippen LogP contribution in [0.5, 0.6) is 0 Å². The molecule has 5 heterocycles. The van der Waals surface area contributed by atoms with Crippen LogP contribution in [0.1, 0.15) is 113 Å². The van der Waals surface area contributed by atoms with E-state index in [1.807, 2.05) is 51.7 Å². The average Bonchev–Trinajstić information content (AvgIpc) is 3.72. The smallest absolute Gasteiger partial charge is 0.257 e. The van der Waals surface area contributed by atoms with Gasteiger partial charge in [-0.05, 0) is 55.4 Å². The quantitative estimate of drug-likeness (QED) is 0.277. The van der Waals surface area contributed by atoms with E-state index in [9.17, 15) is 19.2 Å². The van der Waals surface area contributed by atoms with E-state index in [0.29, 0.717) is 62.5 Å². The maximum atomic E-state index is 13.2. The van der Waals surface area contributed by atoms with Gasteiger partial charge >= 0.3 is 0 Å². The highest BCUT2D eigenvalue weighted by Gasteiger charge is 2.61. The number of carbonyl (C=O) groups excluding carboxylic acids is 4. The highest BCUT2D eigenvalue weighted by Crippen LogP contribution is 2.54. The minimum atomic E-state index is -0.443. The monoisotopic (exact) mass is 789 g/mol. The van der Waals surface area contributed by atoms with Crippen LogP contribution in [0.15, 0.2) is 54.3 Å². The predicted octanol–water partition coefficient (Wildman–Crippen LogP) is 5.82. The molecule has 4 amide bonds. The number of carbonyl (C=O) groups is 4. The summed E-state index contributed by atoms with van der Waals surface area (Å²) in [5.74, 6) is 0.772. The van der Waals surface area contributed by atoms with Crippen LogP contribution in [-0.4, -0.2) is 104 Å². The number of piperidine rings is 1. The van der Waals surface area contributed by atoms with E-state index in [2.05, 4.69) is 30.9 Å². The molecule has 5 fully saturated rings. The second-order valence-corrected chi connectivity index (χ2v) is 18.2. The fraction of sp³-hybridized carbons (Fsp3) is 0.628. The number of nitrogens with two attached hydrogens (primary N) is 1. The Labute approximate surface area is 337 Å². The van der Waals surface area contributed by atoms with Crippen LogP contribution in [0, 0.1) is 28.6 Å². The van der Waals surface area contributed by atoms with Crippen molar-refractivity contribution in [2.24, 2.45) is 34.3 Å². The second kappa shape index (κ2) is 18.4. The topological polar surface area (TPSA) is 155 Å². The van der Waals surface area contributed by atoms with Gasteiger partial charge in [0.15, 0.2) is 0 Å². The van der Waals surface area contributed by atoms with Gasteiger partial charge < -0.3 is 25.5 Å². The first-order valence-corrected chi connectivity index (χ1v) is 21.5. The first-order valence-electron chi connectivity index (χ1n) is 20.6. The molecule has 2 atom stereocenters. The van der Waals surface area contributed by atoms with Crippen LogP contribution in [-0.2, 0) is 20.9 Å². The van der Waals surface area contributed by atoms with Gasteiger partial charge in [-0.3, -0.25) is 23.9 Å². The van der Waals surface area contributed by atoms with Gasteiger partial charge in [0.1, 0.15) is 0 Å². The number of aromatic nitrogens is 3. The molecule has 1 spiro atoms. The molecule has 2 aromatic heterocycles. The Balaban J connectivity index is 0.000000205. The van der Waals surface area contributed by atoms with E-state index < -0.39 is 17.2 Å². The molecular formula is C43H63N7O5S. The number of aliphatic hydroxyl groups is 1. The summed E-state index contributed by atoms with van der Waals surface area (Å²) < 4.78 is 1.74. The molecule has 306 valence electrons. The minimum Gasteiger partial charge on any atom is -0.396 e. The Morgan fingerprint density at radius 1 is 0.946 bits per heavy atom. The molecule has 3 aliphatic heterocycles.